The zero-order valence-corrected chi connectivity index (χ0v) is 17.7. The van der Waals surface area contributed by atoms with Crippen molar-refractivity contribution in [2.24, 2.45) is 0 Å². The van der Waals surface area contributed by atoms with Crippen LogP contribution in [0.5, 0.6) is 0 Å². The van der Waals surface area contributed by atoms with Crippen LogP contribution < -0.4 is 5.32 Å². The molecule has 1 N–H and O–H groups in total. The molecule has 1 fully saturated rings. The molecule has 0 bridgehead atoms. The summed E-state index contributed by atoms with van der Waals surface area (Å²) in [4.78, 5) is 14.9. The fourth-order valence-corrected chi connectivity index (χ4v) is 4.04. The van der Waals surface area contributed by atoms with Crippen molar-refractivity contribution >= 4 is 17.0 Å². The van der Waals surface area contributed by atoms with E-state index >= 15 is 0 Å². The number of halogens is 3. The van der Waals surface area contributed by atoms with E-state index in [1.165, 1.54) is 0 Å². The molecule has 10 heteroatoms. The molecule has 0 amide bonds. The van der Waals surface area contributed by atoms with E-state index in [1.54, 1.807) is 33.3 Å². The van der Waals surface area contributed by atoms with Crippen LogP contribution >= 0.6 is 0 Å². The van der Waals surface area contributed by atoms with E-state index in [9.17, 15) is 13.2 Å². The van der Waals surface area contributed by atoms with Gasteiger partial charge in [-0.1, -0.05) is 19.0 Å². The number of pyridine rings is 1. The number of fused-ring (bicyclic) bond motifs is 1. The Morgan fingerprint density at radius 3 is 2.65 bits per heavy atom. The zero-order chi connectivity index (χ0) is 22.2. The molecule has 3 aromatic heterocycles. The number of piperidine rings is 1. The van der Waals surface area contributed by atoms with Gasteiger partial charge in [0.2, 0.25) is 5.95 Å². The summed E-state index contributed by atoms with van der Waals surface area (Å²) >= 11 is 0. The zero-order valence-electron chi connectivity index (χ0n) is 17.7. The van der Waals surface area contributed by atoms with Gasteiger partial charge in [0, 0.05) is 49.7 Å². The van der Waals surface area contributed by atoms with Gasteiger partial charge in [-0.05, 0) is 31.4 Å². The lowest BCUT2D eigenvalue weighted by Gasteiger charge is -2.31. The van der Waals surface area contributed by atoms with Gasteiger partial charge in [-0.2, -0.15) is 13.2 Å². The molecule has 31 heavy (non-hydrogen) atoms. The average molecular weight is 434 g/mol. The van der Waals surface area contributed by atoms with Crippen LogP contribution in [0.15, 0.2) is 23.0 Å². The number of alkyl halides is 3. The summed E-state index contributed by atoms with van der Waals surface area (Å²) in [5.74, 6) is 0.225. The van der Waals surface area contributed by atoms with Crippen molar-refractivity contribution in [1.29, 1.82) is 0 Å². The number of nitrogens with one attached hydrogen (secondary N) is 1. The maximum atomic E-state index is 13.9. The Labute approximate surface area is 178 Å². The molecule has 0 aliphatic carbocycles. The molecule has 1 atom stereocenters. The maximum absolute atomic E-state index is 13.9. The molecule has 1 unspecified atom stereocenters. The Kier molecular flexibility index (Phi) is 5.83. The van der Waals surface area contributed by atoms with Gasteiger partial charge >= 0.3 is 6.18 Å². The number of anilines is 1. The molecule has 4 rings (SSSR count). The number of likely N-dealkylation sites (tertiary alicyclic amines) is 1. The smallest absolute Gasteiger partial charge is 0.357 e. The number of hydrogen-bond acceptors (Lipinski definition) is 7. The van der Waals surface area contributed by atoms with E-state index in [4.69, 9.17) is 4.52 Å². The third-order valence-corrected chi connectivity index (χ3v) is 5.62. The Hall–Kier alpha value is -2.75. The molecule has 0 radical (unpaired) electrons. The van der Waals surface area contributed by atoms with E-state index in [0.717, 1.165) is 31.0 Å². The second-order valence-electron chi connectivity index (χ2n) is 8.23. The minimum atomic E-state index is -4.51. The summed E-state index contributed by atoms with van der Waals surface area (Å²) < 4.78 is 47.0. The van der Waals surface area contributed by atoms with Crippen molar-refractivity contribution in [3.05, 3.63) is 41.0 Å². The Morgan fingerprint density at radius 2 is 2.00 bits per heavy atom. The highest BCUT2D eigenvalue weighted by atomic mass is 19.4. The summed E-state index contributed by atoms with van der Waals surface area (Å²) in [6, 6.07) is 1.13. The van der Waals surface area contributed by atoms with Crippen LogP contribution in [-0.2, 0) is 12.7 Å². The second-order valence-corrected chi connectivity index (χ2v) is 8.23. The molecule has 3 aromatic rings. The van der Waals surface area contributed by atoms with Gasteiger partial charge in [-0.25, -0.2) is 15.0 Å². The lowest BCUT2D eigenvalue weighted by Crippen LogP contribution is -2.34. The molecule has 1 aliphatic heterocycles. The SMILES string of the molecule is CNc1ncc(CN2CCCC(c3noc4nc(C(C)C)cc(C(F)(F)F)c34)C2)cn1. The molecular formula is C21H25F3N6O. The second kappa shape index (κ2) is 8.41. The minimum Gasteiger partial charge on any atom is -0.357 e. The van der Waals surface area contributed by atoms with Crippen molar-refractivity contribution in [2.45, 2.75) is 51.2 Å². The number of nitrogens with zero attached hydrogens (tertiary/aromatic N) is 5. The normalized spacial score (nSPS) is 18.1. The van der Waals surface area contributed by atoms with Crippen molar-refractivity contribution in [1.82, 2.24) is 25.0 Å². The Bertz CT molecular complexity index is 1050. The van der Waals surface area contributed by atoms with Crippen molar-refractivity contribution in [3.8, 4) is 0 Å². The lowest BCUT2D eigenvalue weighted by molar-refractivity contribution is -0.136. The third kappa shape index (κ3) is 4.48. The molecule has 4 heterocycles. The first kappa shape index (κ1) is 21.5. The van der Waals surface area contributed by atoms with Crippen LogP contribution in [-0.4, -0.2) is 45.1 Å². The van der Waals surface area contributed by atoms with E-state index in [2.05, 4.69) is 30.3 Å². The highest BCUT2D eigenvalue weighted by Gasteiger charge is 2.38. The highest BCUT2D eigenvalue weighted by molar-refractivity contribution is 5.81. The van der Waals surface area contributed by atoms with Crippen LogP contribution in [0.3, 0.4) is 0 Å². The van der Waals surface area contributed by atoms with Crippen LogP contribution in [0, 0.1) is 0 Å². The largest absolute Gasteiger partial charge is 0.417 e. The van der Waals surface area contributed by atoms with Crippen LogP contribution in [0.25, 0.3) is 11.1 Å². The predicted molar refractivity (Wildman–Crippen MR) is 110 cm³/mol. The fraction of sp³-hybridized carbons (Fsp3) is 0.524. The maximum Gasteiger partial charge on any atom is 0.417 e. The monoisotopic (exact) mass is 434 g/mol. The first-order valence-electron chi connectivity index (χ1n) is 10.3. The van der Waals surface area contributed by atoms with Gasteiger partial charge < -0.3 is 9.84 Å². The van der Waals surface area contributed by atoms with E-state index in [1.807, 2.05) is 0 Å². The number of aromatic nitrogens is 4. The fourth-order valence-electron chi connectivity index (χ4n) is 4.04. The molecule has 1 aliphatic rings. The molecule has 7 nitrogen and oxygen atoms in total. The number of hydrogen-bond donors (Lipinski definition) is 1. The minimum absolute atomic E-state index is 0.00884. The van der Waals surface area contributed by atoms with Crippen LogP contribution in [0.4, 0.5) is 19.1 Å². The Balaban J connectivity index is 1.63. The van der Waals surface area contributed by atoms with Crippen LogP contribution in [0.2, 0.25) is 0 Å². The summed E-state index contributed by atoms with van der Waals surface area (Å²) in [7, 11) is 1.75. The van der Waals surface area contributed by atoms with Crippen molar-refractivity contribution in [3.63, 3.8) is 0 Å². The van der Waals surface area contributed by atoms with Gasteiger partial charge in [0.1, 0.15) is 0 Å². The van der Waals surface area contributed by atoms with Gasteiger partial charge in [-0.3, -0.25) is 4.90 Å². The first-order valence-corrected chi connectivity index (χ1v) is 10.3. The van der Waals surface area contributed by atoms with Crippen molar-refractivity contribution in [2.75, 3.05) is 25.5 Å². The molecule has 0 spiro atoms. The van der Waals surface area contributed by atoms with E-state index in [0.29, 0.717) is 30.4 Å². The van der Waals surface area contributed by atoms with E-state index < -0.39 is 11.7 Å². The number of rotatable bonds is 5. The Morgan fingerprint density at radius 1 is 1.26 bits per heavy atom. The topological polar surface area (TPSA) is 80.0 Å². The summed E-state index contributed by atoms with van der Waals surface area (Å²) in [6.45, 7) is 5.66. The molecule has 0 aromatic carbocycles. The van der Waals surface area contributed by atoms with Gasteiger partial charge in [0.05, 0.1) is 16.6 Å². The van der Waals surface area contributed by atoms with Gasteiger partial charge in [-0.15, -0.1) is 0 Å². The predicted octanol–water partition coefficient (Wildman–Crippen LogP) is 4.58. The molecule has 166 valence electrons. The highest BCUT2D eigenvalue weighted by Crippen LogP contribution is 2.40. The van der Waals surface area contributed by atoms with Gasteiger partial charge in [0.15, 0.2) is 0 Å². The third-order valence-electron chi connectivity index (χ3n) is 5.62. The average Bonchev–Trinajstić information content (AvgIpc) is 3.17. The van der Waals surface area contributed by atoms with E-state index in [-0.39, 0.29) is 22.9 Å². The first-order chi connectivity index (χ1) is 14.8. The summed E-state index contributed by atoms with van der Waals surface area (Å²) in [5.41, 5.74) is 0.880. The quantitative estimate of drug-likeness (QED) is 0.630. The van der Waals surface area contributed by atoms with Gasteiger partial charge in [0.25, 0.3) is 5.71 Å². The van der Waals surface area contributed by atoms with Crippen molar-refractivity contribution < 1.29 is 17.7 Å². The molecular weight excluding hydrogens is 409 g/mol. The summed E-state index contributed by atoms with van der Waals surface area (Å²) in [6.07, 6.45) is 0.607. The lowest BCUT2D eigenvalue weighted by atomic mass is 9.91. The standard InChI is InChI=1S/C21H25F3N6O/c1-12(2)16-7-15(21(22,23)24)17-18(29-31-19(17)28-16)14-5-4-6-30(11-14)10-13-8-26-20(25-3)27-9-13/h7-9,12,14H,4-6,10-11H2,1-3H3,(H,25,26,27). The molecule has 1 saturated heterocycles. The molecule has 0 saturated carbocycles. The van der Waals surface area contributed by atoms with Crippen LogP contribution in [0.1, 0.15) is 61.0 Å². The summed E-state index contributed by atoms with van der Waals surface area (Å²) in [5, 5.41) is 6.93.